The molecule has 0 heterocycles. The zero-order valence-electron chi connectivity index (χ0n) is 14.8. The molecule has 0 saturated heterocycles. The number of carbonyl (C=O) groups excluding carboxylic acids is 1. The van der Waals surface area contributed by atoms with Gasteiger partial charge in [0.2, 0.25) is 0 Å². The smallest absolute Gasteiger partial charge is 0.332 e. The Morgan fingerprint density at radius 1 is 0.773 bits per heavy atom. The molecule has 0 N–H and O–H groups in total. The van der Waals surface area contributed by atoms with Crippen LogP contribution in [-0.2, 0) is 23.7 Å². The number of esters is 1. The van der Waals surface area contributed by atoms with E-state index in [1.807, 2.05) is 20.8 Å². The number of ether oxygens (including phenoxy) is 4. The van der Waals surface area contributed by atoms with Crippen molar-refractivity contribution in [3.63, 3.8) is 0 Å². The van der Waals surface area contributed by atoms with Crippen molar-refractivity contribution in [2.75, 3.05) is 39.6 Å². The molecule has 0 aliphatic rings. The van der Waals surface area contributed by atoms with Gasteiger partial charge in [-0.2, -0.15) is 0 Å². The molecule has 0 spiro atoms. The van der Waals surface area contributed by atoms with Crippen molar-refractivity contribution in [1.82, 2.24) is 0 Å². The fraction of sp³-hybridized carbons (Fsp3) is 0.941. The maximum absolute atomic E-state index is 11.4. The van der Waals surface area contributed by atoms with Gasteiger partial charge in [0, 0.05) is 33.0 Å². The molecule has 0 aromatic rings. The number of carbonyl (C=O) groups is 1. The van der Waals surface area contributed by atoms with Crippen LogP contribution >= 0.6 is 0 Å². The molecule has 0 fully saturated rings. The molecule has 0 bridgehead atoms. The molecule has 0 aliphatic carbocycles. The SMILES string of the molecule is CCCCOCCCOCCCCOCC(=O)OC(C)(C)C. The Morgan fingerprint density at radius 3 is 1.82 bits per heavy atom. The van der Waals surface area contributed by atoms with Crippen LogP contribution in [0.5, 0.6) is 0 Å². The second kappa shape index (κ2) is 14.0. The van der Waals surface area contributed by atoms with Crippen molar-refractivity contribution in [2.45, 2.75) is 65.4 Å². The Bertz CT molecular complexity index is 260. The lowest BCUT2D eigenvalue weighted by atomic mass is 10.2. The van der Waals surface area contributed by atoms with Crippen molar-refractivity contribution in [1.29, 1.82) is 0 Å². The molecule has 0 radical (unpaired) electrons. The van der Waals surface area contributed by atoms with Crippen molar-refractivity contribution in [3.8, 4) is 0 Å². The lowest BCUT2D eigenvalue weighted by Crippen LogP contribution is -2.26. The van der Waals surface area contributed by atoms with Gasteiger partial charge >= 0.3 is 5.97 Å². The molecule has 0 rings (SSSR count). The first kappa shape index (κ1) is 21.4. The van der Waals surface area contributed by atoms with Gasteiger partial charge in [-0.3, -0.25) is 0 Å². The highest BCUT2D eigenvalue weighted by molar-refractivity contribution is 5.71. The van der Waals surface area contributed by atoms with Crippen LogP contribution in [0.1, 0.15) is 59.8 Å². The largest absolute Gasteiger partial charge is 0.458 e. The Morgan fingerprint density at radius 2 is 1.27 bits per heavy atom. The Kier molecular flexibility index (Phi) is 13.6. The fourth-order valence-electron chi connectivity index (χ4n) is 1.65. The third kappa shape index (κ3) is 17.4. The third-order valence-corrected chi connectivity index (χ3v) is 2.69. The van der Waals surface area contributed by atoms with Gasteiger partial charge in [0.05, 0.1) is 0 Å². The topological polar surface area (TPSA) is 54.0 Å². The summed E-state index contributed by atoms with van der Waals surface area (Å²) in [7, 11) is 0. The van der Waals surface area contributed by atoms with Gasteiger partial charge in [0.1, 0.15) is 12.2 Å². The first-order valence-electron chi connectivity index (χ1n) is 8.41. The van der Waals surface area contributed by atoms with Gasteiger partial charge in [-0.1, -0.05) is 13.3 Å². The van der Waals surface area contributed by atoms with Crippen LogP contribution in [-0.4, -0.2) is 51.2 Å². The minimum absolute atomic E-state index is 0.0211. The van der Waals surface area contributed by atoms with Gasteiger partial charge in [-0.25, -0.2) is 4.79 Å². The van der Waals surface area contributed by atoms with E-state index >= 15 is 0 Å². The van der Waals surface area contributed by atoms with Crippen molar-refractivity contribution in [2.24, 2.45) is 0 Å². The molecule has 0 saturated carbocycles. The molecule has 22 heavy (non-hydrogen) atoms. The van der Waals surface area contributed by atoms with Gasteiger partial charge in [-0.05, 0) is 46.5 Å². The quantitative estimate of drug-likeness (QED) is 0.363. The molecule has 5 heteroatoms. The summed E-state index contributed by atoms with van der Waals surface area (Å²) in [4.78, 5) is 11.4. The second-order valence-electron chi connectivity index (χ2n) is 6.28. The molecule has 0 atom stereocenters. The number of hydrogen-bond donors (Lipinski definition) is 0. The van der Waals surface area contributed by atoms with Crippen molar-refractivity contribution >= 4 is 5.97 Å². The Balaban J connectivity index is 3.16. The van der Waals surface area contributed by atoms with Gasteiger partial charge in [0.25, 0.3) is 0 Å². The lowest BCUT2D eigenvalue weighted by molar-refractivity contribution is -0.160. The van der Waals surface area contributed by atoms with E-state index in [0.717, 1.165) is 52.1 Å². The van der Waals surface area contributed by atoms with E-state index in [1.54, 1.807) is 0 Å². The molecule has 0 amide bonds. The Labute approximate surface area is 135 Å². The molecular formula is C17H34O5. The Hall–Kier alpha value is -0.650. The van der Waals surface area contributed by atoms with E-state index in [9.17, 15) is 4.79 Å². The highest BCUT2D eigenvalue weighted by Crippen LogP contribution is 2.06. The first-order chi connectivity index (χ1) is 10.5. The van der Waals surface area contributed by atoms with Crippen molar-refractivity contribution < 1.29 is 23.7 Å². The van der Waals surface area contributed by atoms with Crippen molar-refractivity contribution in [3.05, 3.63) is 0 Å². The van der Waals surface area contributed by atoms with Crippen LogP contribution < -0.4 is 0 Å². The van der Waals surface area contributed by atoms with E-state index in [4.69, 9.17) is 18.9 Å². The van der Waals surface area contributed by atoms with E-state index in [2.05, 4.69) is 6.92 Å². The summed E-state index contributed by atoms with van der Waals surface area (Å²) in [6.45, 7) is 11.4. The summed E-state index contributed by atoms with van der Waals surface area (Å²) in [6.07, 6.45) is 5.07. The molecular weight excluding hydrogens is 284 g/mol. The summed E-state index contributed by atoms with van der Waals surface area (Å²) >= 11 is 0. The van der Waals surface area contributed by atoms with E-state index in [1.165, 1.54) is 6.42 Å². The highest BCUT2D eigenvalue weighted by atomic mass is 16.6. The fourth-order valence-corrected chi connectivity index (χ4v) is 1.65. The normalized spacial score (nSPS) is 11.6. The average molecular weight is 318 g/mol. The van der Waals surface area contributed by atoms with Crippen LogP contribution in [0.3, 0.4) is 0 Å². The highest BCUT2D eigenvalue weighted by Gasteiger charge is 2.15. The van der Waals surface area contributed by atoms with Crippen LogP contribution in [0, 0.1) is 0 Å². The van der Waals surface area contributed by atoms with Gasteiger partial charge < -0.3 is 18.9 Å². The molecule has 0 aromatic heterocycles. The molecule has 132 valence electrons. The molecule has 0 unspecified atom stereocenters. The van der Waals surface area contributed by atoms with Crippen LogP contribution in [0.2, 0.25) is 0 Å². The lowest BCUT2D eigenvalue weighted by Gasteiger charge is -2.19. The molecule has 0 aromatic carbocycles. The van der Waals surface area contributed by atoms with E-state index in [0.29, 0.717) is 6.61 Å². The minimum Gasteiger partial charge on any atom is -0.458 e. The first-order valence-corrected chi connectivity index (χ1v) is 8.41. The van der Waals surface area contributed by atoms with Crippen LogP contribution in [0.15, 0.2) is 0 Å². The minimum atomic E-state index is -0.450. The number of hydrogen-bond acceptors (Lipinski definition) is 5. The van der Waals surface area contributed by atoms with Crippen LogP contribution in [0.25, 0.3) is 0 Å². The third-order valence-electron chi connectivity index (χ3n) is 2.69. The second-order valence-corrected chi connectivity index (χ2v) is 6.28. The molecule has 0 aliphatic heterocycles. The predicted molar refractivity (Wildman–Crippen MR) is 87.1 cm³/mol. The monoisotopic (exact) mass is 318 g/mol. The van der Waals surface area contributed by atoms with Crippen LogP contribution in [0.4, 0.5) is 0 Å². The average Bonchev–Trinajstić information content (AvgIpc) is 2.42. The number of rotatable bonds is 14. The van der Waals surface area contributed by atoms with E-state index < -0.39 is 5.60 Å². The van der Waals surface area contributed by atoms with E-state index in [-0.39, 0.29) is 12.6 Å². The summed E-state index contributed by atoms with van der Waals surface area (Å²) in [6, 6.07) is 0. The summed E-state index contributed by atoms with van der Waals surface area (Å²) < 4.78 is 21.4. The van der Waals surface area contributed by atoms with Gasteiger partial charge in [-0.15, -0.1) is 0 Å². The maximum atomic E-state index is 11.4. The summed E-state index contributed by atoms with van der Waals surface area (Å²) in [5, 5.41) is 0. The summed E-state index contributed by atoms with van der Waals surface area (Å²) in [5.74, 6) is -0.313. The zero-order valence-corrected chi connectivity index (χ0v) is 14.8. The summed E-state index contributed by atoms with van der Waals surface area (Å²) in [5.41, 5.74) is -0.450. The number of unbranched alkanes of at least 4 members (excludes halogenated alkanes) is 2. The standard InChI is InChI=1S/C17H34O5/c1-5-6-10-19-13-9-14-20-11-7-8-12-21-15-16(18)22-17(2,3)4/h5-15H2,1-4H3. The van der Waals surface area contributed by atoms with Gasteiger partial charge in [0.15, 0.2) is 0 Å². The maximum Gasteiger partial charge on any atom is 0.332 e. The zero-order chi connectivity index (χ0) is 16.7. The predicted octanol–water partition coefficient (Wildman–Crippen LogP) is 3.35. The molecule has 5 nitrogen and oxygen atoms in total.